The molecule has 0 spiro atoms. The second-order valence-corrected chi connectivity index (χ2v) is 6.57. The van der Waals surface area contributed by atoms with Gasteiger partial charge >= 0.3 is 0 Å². The average Bonchev–Trinajstić information content (AvgIpc) is 2.50. The van der Waals surface area contributed by atoms with Crippen molar-refractivity contribution in [3.8, 4) is 0 Å². The molecule has 1 aliphatic rings. The van der Waals surface area contributed by atoms with Crippen LogP contribution in [0.4, 0.5) is 0 Å². The van der Waals surface area contributed by atoms with E-state index in [1.54, 1.807) is 0 Å². The molecule has 1 aromatic carbocycles. The first kappa shape index (κ1) is 17.2. The number of ketones is 1. The Kier molecular flexibility index (Phi) is 6.59. The van der Waals surface area contributed by atoms with Gasteiger partial charge in [-0.1, -0.05) is 19.1 Å². The fourth-order valence-corrected chi connectivity index (χ4v) is 3.16. The lowest BCUT2D eigenvalue weighted by Crippen LogP contribution is -2.20. The van der Waals surface area contributed by atoms with Crippen molar-refractivity contribution >= 4 is 5.78 Å². The van der Waals surface area contributed by atoms with Gasteiger partial charge in [0, 0.05) is 31.7 Å². The Bertz CT molecular complexity index is 492. The molecular formula is C19H29NO2. The number of carbonyl (C=O) groups is 1. The number of benzene rings is 1. The normalized spacial score (nSPS) is 16.2. The Labute approximate surface area is 134 Å². The molecule has 3 nitrogen and oxygen atoms in total. The van der Waals surface area contributed by atoms with Crippen LogP contribution in [0.2, 0.25) is 0 Å². The van der Waals surface area contributed by atoms with Gasteiger partial charge in [-0.3, -0.25) is 4.79 Å². The van der Waals surface area contributed by atoms with Crippen molar-refractivity contribution in [3.05, 3.63) is 34.9 Å². The first-order valence-corrected chi connectivity index (χ1v) is 8.49. The molecule has 1 saturated heterocycles. The number of nitrogens with zero attached hydrogens (tertiary/aromatic N) is 1. The van der Waals surface area contributed by atoms with Crippen LogP contribution in [0.1, 0.15) is 54.1 Å². The van der Waals surface area contributed by atoms with E-state index < -0.39 is 0 Å². The van der Waals surface area contributed by atoms with Gasteiger partial charge in [-0.05, 0) is 62.9 Å². The number of ether oxygens (including phenoxy) is 1. The summed E-state index contributed by atoms with van der Waals surface area (Å²) in [4.78, 5) is 14.9. The van der Waals surface area contributed by atoms with Gasteiger partial charge < -0.3 is 9.64 Å². The maximum Gasteiger partial charge on any atom is 0.163 e. The Hall–Kier alpha value is -1.19. The van der Waals surface area contributed by atoms with Crippen molar-refractivity contribution in [2.45, 2.75) is 46.1 Å². The monoisotopic (exact) mass is 303 g/mol. The summed E-state index contributed by atoms with van der Waals surface area (Å²) in [6, 6.07) is 6.34. The molecule has 0 saturated carbocycles. The Morgan fingerprint density at radius 1 is 1.32 bits per heavy atom. The average molecular weight is 303 g/mol. The van der Waals surface area contributed by atoms with Crippen LogP contribution < -0.4 is 0 Å². The first-order valence-electron chi connectivity index (χ1n) is 8.49. The first-order chi connectivity index (χ1) is 10.6. The summed E-state index contributed by atoms with van der Waals surface area (Å²) in [6.45, 7) is 7.83. The summed E-state index contributed by atoms with van der Waals surface area (Å²) in [5.74, 6) is 0.788. The van der Waals surface area contributed by atoms with Gasteiger partial charge in [-0.2, -0.15) is 0 Å². The Morgan fingerprint density at radius 3 is 2.73 bits per heavy atom. The molecule has 0 N–H and O–H groups in total. The molecule has 1 fully saturated rings. The topological polar surface area (TPSA) is 29.5 Å². The van der Waals surface area contributed by atoms with Gasteiger partial charge in [0.15, 0.2) is 5.78 Å². The van der Waals surface area contributed by atoms with E-state index >= 15 is 0 Å². The van der Waals surface area contributed by atoms with Crippen LogP contribution in [0.3, 0.4) is 0 Å². The fraction of sp³-hybridized carbons (Fsp3) is 0.632. The highest BCUT2D eigenvalue weighted by Crippen LogP contribution is 2.23. The van der Waals surface area contributed by atoms with Crippen molar-refractivity contribution in [3.63, 3.8) is 0 Å². The third-order valence-electron chi connectivity index (χ3n) is 4.48. The van der Waals surface area contributed by atoms with Crippen LogP contribution in [0, 0.1) is 12.8 Å². The fourth-order valence-electron chi connectivity index (χ4n) is 3.16. The van der Waals surface area contributed by atoms with Crippen molar-refractivity contribution < 1.29 is 9.53 Å². The highest BCUT2D eigenvalue weighted by atomic mass is 16.5. The SMILES string of the molecule is CCCN(C)Cc1ccc(C)c(C(=O)CC2CCOCC2)c1. The third kappa shape index (κ3) is 4.92. The molecule has 122 valence electrons. The highest BCUT2D eigenvalue weighted by Gasteiger charge is 2.19. The molecule has 0 unspecified atom stereocenters. The van der Waals surface area contributed by atoms with E-state index in [4.69, 9.17) is 4.74 Å². The van der Waals surface area contributed by atoms with Crippen LogP contribution in [-0.4, -0.2) is 37.5 Å². The second kappa shape index (κ2) is 8.44. The van der Waals surface area contributed by atoms with Gasteiger partial charge in [0.05, 0.1) is 0 Å². The number of hydrogen-bond acceptors (Lipinski definition) is 3. The lowest BCUT2D eigenvalue weighted by atomic mass is 9.90. The molecule has 0 bridgehead atoms. The summed E-state index contributed by atoms with van der Waals surface area (Å²) in [5, 5.41) is 0. The summed E-state index contributed by atoms with van der Waals surface area (Å²) in [5.41, 5.74) is 3.24. The predicted molar refractivity (Wildman–Crippen MR) is 90.3 cm³/mol. The van der Waals surface area contributed by atoms with Crippen LogP contribution in [0.5, 0.6) is 0 Å². The number of Topliss-reactive ketones (excluding diaryl/α,β-unsaturated/α-hetero) is 1. The molecule has 2 rings (SSSR count). The lowest BCUT2D eigenvalue weighted by molar-refractivity contribution is 0.0601. The van der Waals surface area contributed by atoms with E-state index in [1.165, 1.54) is 5.56 Å². The summed E-state index contributed by atoms with van der Waals surface area (Å²) < 4.78 is 5.38. The molecule has 0 radical (unpaired) electrons. The van der Waals surface area contributed by atoms with Crippen molar-refractivity contribution in [2.24, 2.45) is 5.92 Å². The van der Waals surface area contributed by atoms with Gasteiger partial charge in [0.1, 0.15) is 0 Å². The molecule has 1 aliphatic heterocycles. The lowest BCUT2D eigenvalue weighted by Gasteiger charge is -2.22. The maximum absolute atomic E-state index is 12.6. The minimum atomic E-state index is 0.296. The zero-order chi connectivity index (χ0) is 15.9. The quantitative estimate of drug-likeness (QED) is 0.717. The highest BCUT2D eigenvalue weighted by molar-refractivity contribution is 5.97. The number of rotatable bonds is 7. The smallest absolute Gasteiger partial charge is 0.163 e. The molecule has 0 amide bonds. The van der Waals surface area contributed by atoms with Crippen LogP contribution in [0.15, 0.2) is 18.2 Å². The van der Waals surface area contributed by atoms with E-state index in [1.807, 2.05) is 6.92 Å². The zero-order valence-corrected chi connectivity index (χ0v) is 14.2. The zero-order valence-electron chi connectivity index (χ0n) is 14.2. The maximum atomic E-state index is 12.6. The molecule has 0 aromatic heterocycles. The van der Waals surface area contributed by atoms with Gasteiger partial charge in [0.25, 0.3) is 0 Å². The van der Waals surface area contributed by atoms with E-state index in [0.29, 0.717) is 18.1 Å². The number of hydrogen-bond donors (Lipinski definition) is 0. The molecule has 0 aliphatic carbocycles. The Morgan fingerprint density at radius 2 is 2.05 bits per heavy atom. The van der Waals surface area contributed by atoms with Gasteiger partial charge in [-0.15, -0.1) is 0 Å². The minimum absolute atomic E-state index is 0.296. The minimum Gasteiger partial charge on any atom is -0.381 e. The number of aryl methyl sites for hydroxylation is 1. The Balaban J connectivity index is 2.03. The second-order valence-electron chi connectivity index (χ2n) is 6.57. The van der Waals surface area contributed by atoms with E-state index in [-0.39, 0.29) is 0 Å². The summed E-state index contributed by atoms with van der Waals surface area (Å²) >= 11 is 0. The van der Waals surface area contributed by atoms with E-state index in [0.717, 1.165) is 56.7 Å². The van der Waals surface area contributed by atoms with Gasteiger partial charge in [-0.25, -0.2) is 0 Å². The molecular weight excluding hydrogens is 274 g/mol. The van der Waals surface area contributed by atoms with Crippen LogP contribution in [0.25, 0.3) is 0 Å². The molecule has 3 heteroatoms. The summed E-state index contributed by atoms with van der Waals surface area (Å²) in [6.07, 6.45) is 3.85. The van der Waals surface area contributed by atoms with Crippen LogP contribution >= 0.6 is 0 Å². The third-order valence-corrected chi connectivity index (χ3v) is 4.48. The largest absolute Gasteiger partial charge is 0.381 e. The predicted octanol–water partition coefficient (Wildman–Crippen LogP) is 3.84. The molecule has 0 atom stereocenters. The molecule has 1 heterocycles. The van der Waals surface area contributed by atoms with Crippen molar-refractivity contribution in [1.82, 2.24) is 4.90 Å². The standard InChI is InChI=1S/C19H29NO2/c1-4-9-20(3)14-17-6-5-15(2)18(12-17)19(21)13-16-7-10-22-11-8-16/h5-6,12,16H,4,7-11,13-14H2,1-3H3. The van der Waals surface area contributed by atoms with E-state index in [9.17, 15) is 4.79 Å². The molecule has 1 aromatic rings. The van der Waals surface area contributed by atoms with Crippen molar-refractivity contribution in [2.75, 3.05) is 26.8 Å². The van der Waals surface area contributed by atoms with Crippen LogP contribution in [-0.2, 0) is 11.3 Å². The van der Waals surface area contributed by atoms with Gasteiger partial charge in [0.2, 0.25) is 0 Å². The van der Waals surface area contributed by atoms with Crippen molar-refractivity contribution in [1.29, 1.82) is 0 Å². The summed E-state index contributed by atoms with van der Waals surface area (Å²) in [7, 11) is 2.13. The number of carbonyl (C=O) groups excluding carboxylic acids is 1. The van der Waals surface area contributed by atoms with E-state index in [2.05, 4.69) is 37.1 Å². The molecule has 22 heavy (non-hydrogen) atoms.